The number of rotatable bonds is 4. The number of hydrogen-bond acceptors (Lipinski definition) is 1. The molecule has 2 rings (SSSR count). The van der Waals surface area contributed by atoms with Crippen molar-refractivity contribution >= 4 is 17.4 Å². The molecule has 0 radical (unpaired) electrons. The highest BCUT2D eigenvalue weighted by Gasteiger charge is 2.25. The first-order valence-electron chi connectivity index (χ1n) is 6.85. The first-order chi connectivity index (χ1) is 9.49. The van der Waals surface area contributed by atoms with Crippen molar-refractivity contribution in [1.82, 2.24) is 0 Å². The predicted octanol–water partition coefficient (Wildman–Crippen LogP) is 5.01. The fourth-order valence-electron chi connectivity index (χ4n) is 2.39. The molecule has 0 amide bonds. The molecule has 104 valence electrons. The molecule has 0 saturated carbocycles. The third-order valence-corrected chi connectivity index (χ3v) is 3.65. The summed E-state index contributed by atoms with van der Waals surface area (Å²) in [4.78, 5) is 12.6. The third-order valence-electron chi connectivity index (χ3n) is 3.41. The molecular weight excluding hydrogens is 268 g/mol. The lowest BCUT2D eigenvalue weighted by atomic mass is 9.83. The maximum Gasteiger partial charge on any atom is 0.147 e. The lowest BCUT2D eigenvalue weighted by molar-refractivity contribution is -0.122. The average Bonchev–Trinajstić information content (AvgIpc) is 2.39. The zero-order valence-electron chi connectivity index (χ0n) is 12.1. The number of carbonyl (C=O) groups excluding carboxylic acids is 1. The van der Waals surface area contributed by atoms with Gasteiger partial charge >= 0.3 is 0 Å². The van der Waals surface area contributed by atoms with E-state index in [1.165, 1.54) is 0 Å². The number of carbonyl (C=O) groups is 1. The van der Waals surface area contributed by atoms with E-state index in [-0.39, 0.29) is 17.6 Å². The summed E-state index contributed by atoms with van der Waals surface area (Å²) < 4.78 is 0. The van der Waals surface area contributed by atoms with Gasteiger partial charge in [0.05, 0.1) is 5.92 Å². The van der Waals surface area contributed by atoms with Crippen molar-refractivity contribution in [2.45, 2.75) is 26.7 Å². The normalized spacial score (nSPS) is 12.4. The van der Waals surface area contributed by atoms with Crippen molar-refractivity contribution in [1.29, 1.82) is 0 Å². The molecule has 0 heterocycles. The Morgan fingerprint density at radius 3 is 2.15 bits per heavy atom. The SMILES string of the molecule is Cc1cccc(C(C(=O)C(C)C)c2cccc(Cl)c2)c1. The zero-order valence-corrected chi connectivity index (χ0v) is 12.8. The van der Waals surface area contributed by atoms with Crippen LogP contribution in [0, 0.1) is 12.8 Å². The van der Waals surface area contributed by atoms with Crippen LogP contribution < -0.4 is 0 Å². The second-order valence-electron chi connectivity index (χ2n) is 5.46. The predicted molar refractivity (Wildman–Crippen MR) is 84.3 cm³/mol. The van der Waals surface area contributed by atoms with Crippen molar-refractivity contribution in [3.8, 4) is 0 Å². The van der Waals surface area contributed by atoms with E-state index >= 15 is 0 Å². The highest BCUT2D eigenvalue weighted by Crippen LogP contribution is 2.30. The van der Waals surface area contributed by atoms with Crippen LogP contribution in [0.2, 0.25) is 5.02 Å². The Hall–Kier alpha value is -1.60. The van der Waals surface area contributed by atoms with Crippen LogP contribution in [-0.4, -0.2) is 5.78 Å². The minimum Gasteiger partial charge on any atom is -0.298 e. The Kier molecular flexibility index (Phi) is 4.61. The van der Waals surface area contributed by atoms with Crippen molar-refractivity contribution in [2.24, 2.45) is 5.92 Å². The largest absolute Gasteiger partial charge is 0.298 e. The van der Waals surface area contributed by atoms with Gasteiger partial charge < -0.3 is 0 Å². The molecule has 0 saturated heterocycles. The van der Waals surface area contributed by atoms with Crippen LogP contribution in [0.1, 0.15) is 36.5 Å². The van der Waals surface area contributed by atoms with Gasteiger partial charge in [0.25, 0.3) is 0 Å². The molecule has 0 aliphatic rings. The number of hydrogen-bond donors (Lipinski definition) is 0. The van der Waals surface area contributed by atoms with Gasteiger partial charge in [-0.15, -0.1) is 0 Å². The monoisotopic (exact) mass is 286 g/mol. The van der Waals surface area contributed by atoms with E-state index in [1.54, 1.807) is 0 Å². The van der Waals surface area contributed by atoms with Crippen molar-refractivity contribution in [3.63, 3.8) is 0 Å². The number of Topliss-reactive ketones (excluding diaryl/α,β-unsaturated/α-hetero) is 1. The van der Waals surface area contributed by atoms with E-state index in [0.29, 0.717) is 5.02 Å². The van der Waals surface area contributed by atoms with Gasteiger partial charge in [0.2, 0.25) is 0 Å². The fourth-order valence-corrected chi connectivity index (χ4v) is 2.59. The minimum absolute atomic E-state index is 0.0144. The van der Waals surface area contributed by atoms with Gasteiger partial charge in [0, 0.05) is 10.9 Å². The number of benzene rings is 2. The van der Waals surface area contributed by atoms with Crippen LogP contribution in [0.4, 0.5) is 0 Å². The molecule has 0 bridgehead atoms. The minimum atomic E-state index is -0.242. The lowest BCUT2D eigenvalue weighted by Gasteiger charge is -2.19. The van der Waals surface area contributed by atoms with Crippen molar-refractivity contribution in [3.05, 3.63) is 70.2 Å². The molecule has 0 spiro atoms. The summed E-state index contributed by atoms with van der Waals surface area (Å²) in [5, 5.41) is 0.664. The van der Waals surface area contributed by atoms with Crippen LogP contribution in [0.25, 0.3) is 0 Å². The molecule has 0 aromatic heterocycles. The number of ketones is 1. The van der Waals surface area contributed by atoms with Gasteiger partial charge in [-0.3, -0.25) is 4.79 Å². The summed E-state index contributed by atoms with van der Waals surface area (Å²) in [7, 11) is 0. The molecule has 2 heteroatoms. The van der Waals surface area contributed by atoms with Gasteiger partial charge in [-0.05, 0) is 30.2 Å². The van der Waals surface area contributed by atoms with Crippen LogP contribution in [0.3, 0.4) is 0 Å². The molecule has 20 heavy (non-hydrogen) atoms. The summed E-state index contributed by atoms with van der Waals surface area (Å²) in [5.74, 6) is -0.0361. The molecule has 0 fully saturated rings. The Morgan fingerprint density at radius 2 is 1.60 bits per heavy atom. The smallest absolute Gasteiger partial charge is 0.147 e. The van der Waals surface area contributed by atoms with Crippen LogP contribution in [0.5, 0.6) is 0 Å². The van der Waals surface area contributed by atoms with Crippen LogP contribution >= 0.6 is 11.6 Å². The lowest BCUT2D eigenvalue weighted by Crippen LogP contribution is -2.19. The van der Waals surface area contributed by atoms with Gasteiger partial charge in [-0.1, -0.05) is 67.4 Å². The summed E-state index contributed by atoms with van der Waals surface area (Å²) in [6, 6.07) is 15.7. The highest BCUT2D eigenvalue weighted by molar-refractivity contribution is 6.30. The third kappa shape index (κ3) is 3.29. The average molecular weight is 287 g/mol. The maximum absolute atomic E-state index is 12.6. The van der Waals surface area contributed by atoms with Crippen LogP contribution in [0.15, 0.2) is 48.5 Å². The topological polar surface area (TPSA) is 17.1 Å². The molecule has 1 unspecified atom stereocenters. The first-order valence-corrected chi connectivity index (χ1v) is 7.22. The molecule has 2 aromatic rings. The summed E-state index contributed by atoms with van der Waals surface area (Å²) in [6.07, 6.45) is 0. The molecule has 0 N–H and O–H groups in total. The summed E-state index contributed by atoms with van der Waals surface area (Å²) >= 11 is 6.08. The van der Waals surface area contributed by atoms with Crippen molar-refractivity contribution in [2.75, 3.05) is 0 Å². The molecule has 1 nitrogen and oxygen atoms in total. The van der Waals surface area contributed by atoms with Gasteiger partial charge in [-0.25, -0.2) is 0 Å². The molecule has 1 atom stereocenters. The quantitative estimate of drug-likeness (QED) is 0.772. The molecule has 2 aromatic carbocycles. The van der Waals surface area contributed by atoms with Gasteiger partial charge in [0.1, 0.15) is 5.78 Å². The Labute approximate surface area is 125 Å². The second kappa shape index (κ2) is 6.23. The first kappa shape index (κ1) is 14.8. The second-order valence-corrected chi connectivity index (χ2v) is 5.90. The van der Waals surface area contributed by atoms with Gasteiger partial charge in [0.15, 0.2) is 0 Å². The standard InChI is InChI=1S/C18H19ClO/c1-12(2)18(20)17(14-7-4-6-13(3)10-14)15-8-5-9-16(19)11-15/h4-12,17H,1-3H3. The Balaban J connectivity index is 2.53. The molecular formula is C18H19ClO. The maximum atomic E-state index is 12.6. The van der Waals surface area contributed by atoms with E-state index in [0.717, 1.165) is 16.7 Å². The van der Waals surface area contributed by atoms with Crippen LogP contribution in [-0.2, 0) is 4.79 Å². The highest BCUT2D eigenvalue weighted by atomic mass is 35.5. The van der Waals surface area contributed by atoms with E-state index in [4.69, 9.17) is 11.6 Å². The Bertz CT molecular complexity index is 571. The fraction of sp³-hybridized carbons (Fsp3) is 0.278. The van der Waals surface area contributed by atoms with E-state index in [1.807, 2.05) is 63.2 Å². The number of halogens is 1. The van der Waals surface area contributed by atoms with Crippen molar-refractivity contribution < 1.29 is 4.79 Å². The number of aryl methyl sites for hydroxylation is 1. The van der Waals surface area contributed by atoms with E-state index in [2.05, 4.69) is 6.07 Å². The summed E-state index contributed by atoms with van der Waals surface area (Å²) in [5.41, 5.74) is 3.15. The van der Waals surface area contributed by atoms with Gasteiger partial charge in [-0.2, -0.15) is 0 Å². The molecule has 0 aliphatic carbocycles. The van der Waals surface area contributed by atoms with E-state index < -0.39 is 0 Å². The van der Waals surface area contributed by atoms with E-state index in [9.17, 15) is 4.79 Å². The zero-order chi connectivity index (χ0) is 14.7. The Morgan fingerprint density at radius 1 is 1.00 bits per heavy atom. The summed E-state index contributed by atoms with van der Waals surface area (Å²) in [6.45, 7) is 5.92. The molecule has 0 aliphatic heterocycles.